The highest BCUT2D eigenvalue weighted by molar-refractivity contribution is 7.19. The second-order valence-corrected chi connectivity index (χ2v) is 7.45. The lowest BCUT2D eigenvalue weighted by atomic mass is 10.1. The maximum absolute atomic E-state index is 14.9. The van der Waals surface area contributed by atoms with Crippen LogP contribution < -0.4 is 9.47 Å². The van der Waals surface area contributed by atoms with E-state index in [1.54, 1.807) is 13.8 Å². The van der Waals surface area contributed by atoms with Crippen molar-refractivity contribution in [1.82, 2.24) is 9.78 Å². The molecule has 0 saturated heterocycles. The van der Waals surface area contributed by atoms with Gasteiger partial charge in [0, 0.05) is 24.2 Å². The molecular formula is C18H16F4N2O3S. The molecule has 28 heavy (non-hydrogen) atoms. The molecule has 2 aromatic heterocycles. The van der Waals surface area contributed by atoms with Crippen LogP contribution >= 0.6 is 11.3 Å². The molecule has 0 atom stereocenters. The number of carbonyl (C=O) groups is 1. The van der Waals surface area contributed by atoms with Crippen molar-refractivity contribution in [1.29, 1.82) is 0 Å². The molecule has 0 spiro atoms. The molecule has 0 radical (unpaired) electrons. The van der Waals surface area contributed by atoms with Gasteiger partial charge in [0.1, 0.15) is 6.61 Å². The fraction of sp³-hybridized carbons (Fsp3) is 0.333. The van der Waals surface area contributed by atoms with E-state index in [0.29, 0.717) is 21.6 Å². The Labute approximate surface area is 161 Å². The van der Waals surface area contributed by atoms with Crippen LogP contribution in [0.4, 0.5) is 17.6 Å². The molecule has 3 aromatic rings. The van der Waals surface area contributed by atoms with E-state index in [9.17, 15) is 22.4 Å². The summed E-state index contributed by atoms with van der Waals surface area (Å²) in [6.07, 6.45) is -4.57. The third-order valence-electron chi connectivity index (χ3n) is 4.08. The molecule has 10 heteroatoms. The van der Waals surface area contributed by atoms with Crippen LogP contribution in [0.1, 0.15) is 28.8 Å². The lowest BCUT2D eigenvalue weighted by molar-refractivity contribution is -0.141. The zero-order chi connectivity index (χ0) is 20.8. The van der Waals surface area contributed by atoms with Crippen molar-refractivity contribution >= 4 is 27.4 Å². The molecule has 0 bridgehead atoms. The summed E-state index contributed by atoms with van der Waals surface area (Å²) < 4.78 is 65.1. The normalized spacial score (nSPS) is 11.9. The standard InChI is InChI=1S/C18H16F4N2O3S/c1-8-5-12(26-7-11-6-13(18(20,21)22)23-24(11)4)15(19)17-14(8)16(9(2)28-17)27-10(3)25/h5-6H,7H2,1-4H3. The number of esters is 1. The van der Waals surface area contributed by atoms with Crippen LogP contribution in [0.3, 0.4) is 0 Å². The average Bonchev–Trinajstić information content (AvgIpc) is 3.10. The third kappa shape index (κ3) is 3.68. The number of hydrogen-bond acceptors (Lipinski definition) is 5. The van der Waals surface area contributed by atoms with Crippen LogP contribution in [0.2, 0.25) is 0 Å². The van der Waals surface area contributed by atoms with Crippen LogP contribution in [0, 0.1) is 19.7 Å². The summed E-state index contributed by atoms with van der Waals surface area (Å²) in [4.78, 5) is 11.9. The zero-order valence-corrected chi connectivity index (χ0v) is 16.2. The second kappa shape index (κ2) is 7.08. The average molecular weight is 416 g/mol. The maximum Gasteiger partial charge on any atom is 0.435 e. The van der Waals surface area contributed by atoms with Crippen LogP contribution in [-0.2, 0) is 24.6 Å². The van der Waals surface area contributed by atoms with E-state index in [0.717, 1.165) is 22.1 Å². The molecule has 2 heterocycles. The van der Waals surface area contributed by atoms with E-state index in [4.69, 9.17) is 9.47 Å². The Balaban J connectivity index is 1.94. The van der Waals surface area contributed by atoms with Gasteiger partial charge in [-0.05, 0) is 31.5 Å². The molecule has 0 aliphatic carbocycles. The van der Waals surface area contributed by atoms with Crippen LogP contribution in [0.15, 0.2) is 12.1 Å². The smallest absolute Gasteiger partial charge is 0.435 e. The number of carbonyl (C=O) groups excluding carboxylic acids is 1. The van der Waals surface area contributed by atoms with Gasteiger partial charge >= 0.3 is 12.1 Å². The minimum atomic E-state index is -4.57. The minimum Gasteiger partial charge on any atom is -0.484 e. The minimum absolute atomic E-state index is 0.101. The van der Waals surface area contributed by atoms with E-state index in [2.05, 4.69) is 5.10 Å². The Kier molecular flexibility index (Phi) is 5.09. The Morgan fingerprint density at radius 1 is 1.29 bits per heavy atom. The van der Waals surface area contributed by atoms with Gasteiger partial charge in [-0.15, -0.1) is 11.3 Å². The monoisotopic (exact) mass is 416 g/mol. The molecule has 5 nitrogen and oxygen atoms in total. The predicted octanol–water partition coefficient (Wildman–Crippen LogP) is 4.91. The maximum atomic E-state index is 14.9. The lowest BCUT2D eigenvalue weighted by Gasteiger charge is -2.10. The van der Waals surface area contributed by atoms with Crippen LogP contribution in [0.5, 0.6) is 11.5 Å². The van der Waals surface area contributed by atoms with Crippen LogP contribution in [-0.4, -0.2) is 15.7 Å². The number of ether oxygens (including phenoxy) is 2. The molecule has 150 valence electrons. The number of aromatic nitrogens is 2. The SMILES string of the molecule is CC(=O)Oc1c(C)sc2c(F)c(OCc3cc(C(F)(F)F)nn3C)cc(C)c12. The molecule has 3 rings (SSSR count). The fourth-order valence-corrected chi connectivity index (χ4v) is 3.88. The van der Waals surface area contributed by atoms with E-state index < -0.39 is 23.7 Å². The van der Waals surface area contributed by atoms with Gasteiger partial charge in [0.2, 0.25) is 0 Å². The van der Waals surface area contributed by atoms with Gasteiger partial charge in [0.05, 0.1) is 10.4 Å². The summed E-state index contributed by atoms with van der Waals surface area (Å²) in [6.45, 7) is 4.38. The van der Waals surface area contributed by atoms with Crippen molar-refractivity contribution in [2.24, 2.45) is 7.05 Å². The van der Waals surface area contributed by atoms with Gasteiger partial charge in [-0.1, -0.05) is 0 Å². The van der Waals surface area contributed by atoms with Gasteiger partial charge < -0.3 is 9.47 Å². The van der Waals surface area contributed by atoms with Crippen molar-refractivity contribution in [2.75, 3.05) is 0 Å². The number of alkyl halides is 3. The fourth-order valence-electron chi connectivity index (χ4n) is 2.79. The number of hydrogen-bond donors (Lipinski definition) is 0. The van der Waals surface area contributed by atoms with Crippen molar-refractivity contribution in [2.45, 2.75) is 33.6 Å². The molecule has 0 aliphatic rings. The van der Waals surface area contributed by atoms with E-state index in [1.165, 1.54) is 20.0 Å². The van der Waals surface area contributed by atoms with Gasteiger partial charge in [0.25, 0.3) is 0 Å². The molecule has 0 saturated carbocycles. The molecule has 0 unspecified atom stereocenters. The molecular weight excluding hydrogens is 400 g/mol. The number of thiophene rings is 1. The first kappa shape index (κ1) is 20.1. The lowest BCUT2D eigenvalue weighted by Crippen LogP contribution is -2.07. The van der Waals surface area contributed by atoms with Gasteiger partial charge in [-0.25, -0.2) is 4.39 Å². The molecule has 0 aliphatic heterocycles. The number of fused-ring (bicyclic) bond motifs is 1. The number of halogens is 4. The topological polar surface area (TPSA) is 53.4 Å². The van der Waals surface area contributed by atoms with E-state index in [1.807, 2.05) is 0 Å². The highest BCUT2D eigenvalue weighted by Gasteiger charge is 2.34. The molecule has 1 aromatic carbocycles. The summed E-state index contributed by atoms with van der Waals surface area (Å²) in [5.74, 6) is -0.975. The first-order chi connectivity index (χ1) is 13.0. The van der Waals surface area contributed by atoms with Crippen molar-refractivity contribution in [3.8, 4) is 11.5 Å². The molecule has 0 fully saturated rings. The molecule has 0 amide bonds. The Hall–Kier alpha value is -2.62. The Morgan fingerprint density at radius 2 is 1.96 bits per heavy atom. The summed E-state index contributed by atoms with van der Waals surface area (Å²) in [6, 6.07) is 2.29. The number of aryl methyl sites for hydroxylation is 3. The van der Waals surface area contributed by atoms with Gasteiger partial charge in [0.15, 0.2) is 23.0 Å². The largest absolute Gasteiger partial charge is 0.484 e. The third-order valence-corrected chi connectivity index (χ3v) is 5.15. The highest BCUT2D eigenvalue weighted by atomic mass is 32.1. The second-order valence-electron chi connectivity index (χ2n) is 6.22. The number of rotatable bonds is 4. The summed E-state index contributed by atoms with van der Waals surface area (Å²) in [5, 5.41) is 3.87. The first-order valence-corrected chi connectivity index (χ1v) is 8.94. The van der Waals surface area contributed by atoms with Crippen molar-refractivity contribution in [3.05, 3.63) is 39.8 Å². The van der Waals surface area contributed by atoms with Crippen LogP contribution in [0.25, 0.3) is 10.1 Å². The van der Waals surface area contributed by atoms with Gasteiger partial charge in [-0.2, -0.15) is 18.3 Å². The first-order valence-electron chi connectivity index (χ1n) is 8.12. The zero-order valence-electron chi connectivity index (χ0n) is 15.4. The summed E-state index contributed by atoms with van der Waals surface area (Å²) in [7, 11) is 1.35. The number of benzene rings is 1. The predicted molar refractivity (Wildman–Crippen MR) is 95.1 cm³/mol. The quantitative estimate of drug-likeness (QED) is 0.448. The van der Waals surface area contributed by atoms with Gasteiger partial charge in [-0.3, -0.25) is 9.48 Å². The Morgan fingerprint density at radius 3 is 2.54 bits per heavy atom. The van der Waals surface area contributed by atoms with Crippen molar-refractivity contribution in [3.63, 3.8) is 0 Å². The summed E-state index contributed by atoms with van der Waals surface area (Å²) in [5.41, 5.74) is -0.277. The molecule has 0 N–H and O–H groups in total. The van der Waals surface area contributed by atoms with E-state index >= 15 is 0 Å². The van der Waals surface area contributed by atoms with E-state index in [-0.39, 0.29) is 22.8 Å². The van der Waals surface area contributed by atoms with Crippen molar-refractivity contribution < 1.29 is 31.8 Å². The Bertz CT molecular complexity index is 1070. The number of nitrogens with zero attached hydrogens (tertiary/aromatic N) is 2. The highest BCUT2D eigenvalue weighted by Crippen LogP contribution is 2.43. The summed E-state index contributed by atoms with van der Waals surface area (Å²) >= 11 is 1.11.